The molecule has 4 nitrogen and oxygen atoms in total. The Morgan fingerprint density at radius 3 is 1.61 bits per heavy atom. The first-order valence-corrected chi connectivity index (χ1v) is 11.4. The second-order valence-electron chi connectivity index (χ2n) is 8.92. The topological polar surface area (TPSA) is 49.2 Å². The maximum atomic E-state index is 14.0. The van der Waals surface area contributed by atoms with Crippen LogP contribution < -0.4 is 10.5 Å². The minimum atomic E-state index is -4.90. The lowest BCUT2D eigenvalue weighted by atomic mass is 9.65. The largest absolute Gasteiger partial charge is 0.427 e. The van der Waals surface area contributed by atoms with Crippen LogP contribution in [0.15, 0.2) is 106 Å². The Kier molecular flexibility index (Phi) is 4.05. The normalized spacial score (nSPS) is 14.8. The highest BCUT2D eigenvalue weighted by atomic mass is 19.4. The van der Waals surface area contributed by atoms with Crippen molar-refractivity contribution in [2.45, 2.75) is 11.6 Å². The average molecular weight is 482 g/mol. The molecule has 1 aromatic heterocycles. The van der Waals surface area contributed by atoms with Crippen molar-refractivity contribution in [1.29, 1.82) is 0 Å². The standard InChI is InChI=1S/C29H17F3N2O2/c30-29(31,32)25-26(35)33-36-27(25)34-23-15-7-5-13-21(23)28(22-14-6-8-16-24(22)34)19-11-3-1-9-17(19)18-10-2-4-12-20(18)28/h1-16H,(H,33,35). The van der Waals surface area contributed by atoms with Gasteiger partial charge < -0.3 is 4.52 Å². The van der Waals surface area contributed by atoms with Gasteiger partial charge in [-0.2, -0.15) is 18.3 Å². The maximum Gasteiger partial charge on any atom is 0.427 e. The van der Waals surface area contributed by atoms with Gasteiger partial charge in [-0.25, -0.2) is 0 Å². The van der Waals surface area contributed by atoms with Crippen LogP contribution in [0.5, 0.6) is 0 Å². The van der Waals surface area contributed by atoms with Crippen LogP contribution >= 0.6 is 0 Å². The Hall–Kier alpha value is -4.52. The Morgan fingerprint density at radius 1 is 0.667 bits per heavy atom. The van der Waals surface area contributed by atoms with Gasteiger partial charge in [0.25, 0.3) is 5.56 Å². The molecule has 0 saturated carbocycles. The van der Waals surface area contributed by atoms with E-state index in [1.165, 1.54) is 4.90 Å². The van der Waals surface area contributed by atoms with Gasteiger partial charge in [0.2, 0.25) is 5.88 Å². The third-order valence-corrected chi connectivity index (χ3v) is 7.22. The molecule has 1 N–H and O–H groups in total. The quantitative estimate of drug-likeness (QED) is 0.271. The Bertz CT molecular complexity index is 1640. The van der Waals surface area contributed by atoms with Gasteiger partial charge in [-0.05, 0) is 45.5 Å². The molecular weight excluding hydrogens is 465 g/mol. The third-order valence-electron chi connectivity index (χ3n) is 7.22. The van der Waals surface area contributed by atoms with Crippen LogP contribution in [0.2, 0.25) is 0 Å². The smallest absolute Gasteiger partial charge is 0.359 e. The van der Waals surface area contributed by atoms with Crippen molar-refractivity contribution in [2.75, 3.05) is 4.90 Å². The molecule has 0 radical (unpaired) electrons. The maximum absolute atomic E-state index is 14.0. The number of nitrogens with zero attached hydrogens (tertiary/aromatic N) is 1. The molecule has 2 heterocycles. The number of anilines is 3. The third kappa shape index (κ3) is 2.47. The number of nitrogens with one attached hydrogen (secondary N) is 1. The van der Waals surface area contributed by atoms with E-state index in [1.807, 2.05) is 53.7 Å². The van der Waals surface area contributed by atoms with E-state index in [-0.39, 0.29) is 0 Å². The number of hydrogen-bond acceptors (Lipinski definition) is 3. The number of alkyl halides is 3. The molecule has 0 unspecified atom stereocenters. The van der Waals surface area contributed by atoms with Crippen LogP contribution in [0.1, 0.15) is 27.8 Å². The van der Waals surface area contributed by atoms with Crippen molar-refractivity contribution in [2.24, 2.45) is 0 Å². The fourth-order valence-electron chi connectivity index (χ4n) is 5.98. The molecule has 176 valence electrons. The summed E-state index contributed by atoms with van der Waals surface area (Å²) in [6.07, 6.45) is -4.90. The first kappa shape index (κ1) is 20.8. The van der Waals surface area contributed by atoms with Crippen LogP contribution in [0.3, 0.4) is 0 Å². The zero-order valence-corrected chi connectivity index (χ0v) is 18.6. The van der Waals surface area contributed by atoms with E-state index in [4.69, 9.17) is 4.52 Å². The molecule has 5 aromatic rings. The number of H-pyrrole nitrogens is 1. The summed E-state index contributed by atoms with van der Waals surface area (Å²) in [6.45, 7) is 0. The van der Waals surface area contributed by atoms with Crippen molar-refractivity contribution >= 4 is 17.3 Å². The number of aromatic nitrogens is 1. The molecular formula is C29H17F3N2O2. The molecule has 0 amide bonds. The number of benzene rings is 4. The van der Waals surface area contributed by atoms with Gasteiger partial charge in [-0.3, -0.25) is 9.69 Å². The number of fused-ring (bicyclic) bond motifs is 9. The summed E-state index contributed by atoms with van der Waals surface area (Å²) < 4.78 is 47.3. The molecule has 1 aliphatic heterocycles. The summed E-state index contributed by atoms with van der Waals surface area (Å²) in [5.74, 6) is -0.582. The van der Waals surface area contributed by atoms with Gasteiger partial charge in [0.1, 0.15) is 0 Å². The summed E-state index contributed by atoms with van der Waals surface area (Å²) in [5, 5.41) is 1.90. The number of aromatic amines is 1. The SMILES string of the molecule is O=c1[nH]oc(N2c3ccccc3C3(c4ccccc4-c4ccccc43)c3ccccc32)c1C(F)(F)F. The van der Waals surface area contributed by atoms with Crippen LogP contribution in [-0.4, -0.2) is 5.16 Å². The van der Waals surface area contributed by atoms with Crippen LogP contribution in [0.25, 0.3) is 11.1 Å². The highest BCUT2D eigenvalue weighted by Crippen LogP contribution is 2.63. The molecule has 0 bridgehead atoms. The molecule has 0 atom stereocenters. The fourth-order valence-corrected chi connectivity index (χ4v) is 5.98. The zero-order chi connectivity index (χ0) is 24.7. The molecule has 7 heteroatoms. The van der Waals surface area contributed by atoms with Gasteiger partial charge in [0, 0.05) is 0 Å². The lowest BCUT2D eigenvalue weighted by Gasteiger charge is -2.44. The van der Waals surface area contributed by atoms with Gasteiger partial charge >= 0.3 is 6.18 Å². The van der Waals surface area contributed by atoms with Crippen molar-refractivity contribution in [1.82, 2.24) is 5.16 Å². The lowest BCUT2D eigenvalue weighted by molar-refractivity contribution is -0.138. The minimum Gasteiger partial charge on any atom is -0.359 e. The monoisotopic (exact) mass is 482 g/mol. The second kappa shape index (κ2) is 7.01. The van der Waals surface area contributed by atoms with Crippen LogP contribution in [0.4, 0.5) is 30.4 Å². The lowest BCUT2D eigenvalue weighted by Crippen LogP contribution is -2.36. The molecule has 7 rings (SSSR count). The zero-order valence-electron chi connectivity index (χ0n) is 18.6. The van der Waals surface area contributed by atoms with Gasteiger partial charge in [0.15, 0.2) is 5.56 Å². The molecule has 0 fully saturated rings. The highest BCUT2D eigenvalue weighted by molar-refractivity contribution is 5.95. The number of para-hydroxylation sites is 2. The minimum absolute atomic E-state index is 0.510. The van der Waals surface area contributed by atoms with E-state index >= 15 is 0 Å². The fraction of sp³-hybridized carbons (Fsp3) is 0.0690. The van der Waals surface area contributed by atoms with Crippen molar-refractivity contribution in [3.63, 3.8) is 0 Å². The molecule has 2 aliphatic rings. The number of hydrogen-bond donors (Lipinski definition) is 1. The molecule has 1 spiro atoms. The average Bonchev–Trinajstić information content (AvgIpc) is 3.41. The van der Waals surface area contributed by atoms with E-state index < -0.39 is 28.6 Å². The van der Waals surface area contributed by atoms with E-state index in [2.05, 4.69) is 24.3 Å². The van der Waals surface area contributed by atoms with Crippen LogP contribution in [-0.2, 0) is 11.6 Å². The predicted octanol–water partition coefficient (Wildman–Crippen LogP) is 7.13. The number of halogens is 3. The highest BCUT2D eigenvalue weighted by Gasteiger charge is 2.53. The summed E-state index contributed by atoms with van der Waals surface area (Å²) in [5.41, 5.74) is 3.45. The first-order chi connectivity index (χ1) is 17.4. The Balaban J connectivity index is 1.64. The number of rotatable bonds is 1. The first-order valence-electron chi connectivity index (χ1n) is 11.4. The van der Waals surface area contributed by atoms with E-state index in [9.17, 15) is 18.0 Å². The predicted molar refractivity (Wildman–Crippen MR) is 130 cm³/mol. The molecule has 4 aromatic carbocycles. The van der Waals surface area contributed by atoms with Crippen molar-refractivity contribution in [3.8, 4) is 11.1 Å². The second-order valence-corrected chi connectivity index (χ2v) is 8.92. The Morgan fingerprint density at radius 2 is 1.11 bits per heavy atom. The summed E-state index contributed by atoms with van der Waals surface area (Å²) in [4.78, 5) is 13.6. The van der Waals surface area contributed by atoms with E-state index in [1.54, 1.807) is 24.3 Å². The molecule has 0 saturated heterocycles. The van der Waals surface area contributed by atoms with Crippen molar-refractivity contribution in [3.05, 3.63) is 135 Å². The molecule has 36 heavy (non-hydrogen) atoms. The van der Waals surface area contributed by atoms with Gasteiger partial charge in [0.05, 0.1) is 16.8 Å². The van der Waals surface area contributed by atoms with Gasteiger partial charge in [-0.1, -0.05) is 84.9 Å². The van der Waals surface area contributed by atoms with Crippen LogP contribution in [0, 0.1) is 0 Å². The van der Waals surface area contributed by atoms with Gasteiger partial charge in [-0.15, -0.1) is 0 Å². The molecule has 1 aliphatic carbocycles. The van der Waals surface area contributed by atoms with E-state index in [0.29, 0.717) is 11.4 Å². The van der Waals surface area contributed by atoms with E-state index in [0.717, 1.165) is 33.4 Å². The summed E-state index contributed by atoms with van der Waals surface area (Å²) in [7, 11) is 0. The summed E-state index contributed by atoms with van der Waals surface area (Å²) >= 11 is 0. The Labute approximate surface area is 203 Å². The van der Waals surface area contributed by atoms with Crippen molar-refractivity contribution < 1.29 is 17.7 Å². The summed E-state index contributed by atoms with van der Waals surface area (Å²) in [6, 6.07) is 31.0.